The molecule has 0 radical (unpaired) electrons. The van der Waals surface area contributed by atoms with E-state index in [2.05, 4.69) is 10.6 Å². The van der Waals surface area contributed by atoms with Gasteiger partial charge in [0.15, 0.2) is 0 Å². The number of carboxylic acids is 1. The zero-order valence-electron chi connectivity index (χ0n) is 16.3. The lowest BCUT2D eigenvalue weighted by Crippen LogP contribution is -2.44. The molecule has 1 aliphatic heterocycles. The third kappa shape index (κ3) is 4.45. The lowest BCUT2D eigenvalue weighted by atomic mass is 9.92. The largest absolute Gasteiger partial charge is 0.480 e. The number of urea groups is 1. The summed E-state index contributed by atoms with van der Waals surface area (Å²) >= 11 is 12.5. The van der Waals surface area contributed by atoms with Crippen LogP contribution in [0.15, 0.2) is 72.8 Å². The van der Waals surface area contributed by atoms with Crippen LogP contribution in [0.2, 0.25) is 10.0 Å². The molecule has 31 heavy (non-hydrogen) atoms. The highest BCUT2D eigenvalue weighted by molar-refractivity contribution is 6.35. The van der Waals surface area contributed by atoms with Gasteiger partial charge in [0.25, 0.3) is 0 Å². The molecular weight excluding hydrogens is 437 g/mol. The molecule has 0 saturated carbocycles. The number of anilines is 3. The van der Waals surface area contributed by atoms with Gasteiger partial charge < -0.3 is 15.7 Å². The van der Waals surface area contributed by atoms with Crippen LogP contribution in [0.4, 0.5) is 21.9 Å². The Bertz CT molecular complexity index is 1070. The van der Waals surface area contributed by atoms with Gasteiger partial charge in [0.1, 0.15) is 6.04 Å². The highest BCUT2D eigenvalue weighted by Gasteiger charge is 2.34. The summed E-state index contributed by atoms with van der Waals surface area (Å²) in [5, 5.41) is 16.2. The van der Waals surface area contributed by atoms with Gasteiger partial charge in [0, 0.05) is 27.7 Å². The molecule has 158 valence electrons. The van der Waals surface area contributed by atoms with Crippen molar-refractivity contribution in [3.63, 3.8) is 0 Å². The number of amides is 2. The molecule has 6 nitrogen and oxygen atoms in total. The molecular formula is C23H19Cl2N3O3. The van der Waals surface area contributed by atoms with Crippen molar-refractivity contribution >= 4 is 52.3 Å². The van der Waals surface area contributed by atoms with Crippen LogP contribution in [0.5, 0.6) is 0 Å². The number of aliphatic carboxylic acids is 1. The average molecular weight is 456 g/mol. The van der Waals surface area contributed by atoms with Gasteiger partial charge in [0.2, 0.25) is 0 Å². The summed E-state index contributed by atoms with van der Waals surface area (Å²) in [7, 11) is 0. The summed E-state index contributed by atoms with van der Waals surface area (Å²) in [5.41, 5.74) is 2.46. The van der Waals surface area contributed by atoms with Gasteiger partial charge in [-0.15, -0.1) is 0 Å². The third-order valence-electron chi connectivity index (χ3n) is 5.07. The summed E-state index contributed by atoms with van der Waals surface area (Å²) in [5.74, 6) is -1.02. The zero-order valence-corrected chi connectivity index (χ0v) is 17.8. The molecule has 2 atom stereocenters. The van der Waals surface area contributed by atoms with Gasteiger partial charge >= 0.3 is 12.0 Å². The van der Waals surface area contributed by atoms with Gasteiger partial charge in [-0.25, -0.2) is 9.59 Å². The van der Waals surface area contributed by atoms with Crippen molar-refractivity contribution in [3.05, 3.63) is 88.4 Å². The minimum atomic E-state index is -1.02. The van der Waals surface area contributed by atoms with Crippen LogP contribution in [-0.2, 0) is 4.79 Å². The maximum absolute atomic E-state index is 13.5. The predicted octanol–water partition coefficient (Wildman–Crippen LogP) is 5.85. The maximum atomic E-state index is 13.5. The molecule has 1 aliphatic rings. The first-order valence-electron chi connectivity index (χ1n) is 9.63. The van der Waals surface area contributed by atoms with E-state index in [4.69, 9.17) is 23.2 Å². The summed E-state index contributed by atoms with van der Waals surface area (Å²) < 4.78 is 0. The fourth-order valence-electron chi connectivity index (χ4n) is 3.70. The summed E-state index contributed by atoms with van der Waals surface area (Å²) in [6.45, 7) is 0. The lowest BCUT2D eigenvalue weighted by molar-refractivity contribution is -0.138. The maximum Gasteiger partial charge on any atom is 0.326 e. The summed E-state index contributed by atoms with van der Waals surface area (Å²) in [4.78, 5) is 26.7. The summed E-state index contributed by atoms with van der Waals surface area (Å²) in [6.07, 6.45) is 0.132. The molecule has 3 aromatic carbocycles. The highest BCUT2D eigenvalue weighted by Crippen LogP contribution is 2.40. The van der Waals surface area contributed by atoms with Crippen LogP contribution in [-0.4, -0.2) is 23.1 Å². The standard InChI is InChI=1S/C23H19Cl2N3O3/c24-14-11-17(25)21-18(12-14)26-20(22(29)30)13-19(21)27-23(31)28(15-7-3-1-4-8-15)16-9-5-2-6-10-16/h1-12,19-20,26H,13H2,(H,27,31)(H,29,30). The second-order valence-electron chi connectivity index (χ2n) is 7.13. The number of halogens is 2. The number of hydrogen-bond donors (Lipinski definition) is 3. The molecule has 2 amide bonds. The molecule has 2 unspecified atom stereocenters. The average Bonchev–Trinajstić information content (AvgIpc) is 2.74. The molecule has 1 heterocycles. The second kappa shape index (κ2) is 8.88. The fraction of sp³-hybridized carbons (Fsp3) is 0.130. The van der Waals surface area contributed by atoms with Crippen molar-refractivity contribution in [2.75, 3.05) is 10.2 Å². The number of para-hydroxylation sites is 2. The number of nitrogens with one attached hydrogen (secondary N) is 2. The molecule has 8 heteroatoms. The van der Waals surface area contributed by atoms with Gasteiger partial charge in [-0.3, -0.25) is 4.90 Å². The Balaban J connectivity index is 1.71. The number of rotatable bonds is 4. The molecule has 0 bridgehead atoms. The lowest BCUT2D eigenvalue weighted by Gasteiger charge is -2.34. The fourth-order valence-corrected chi connectivity index (χ4v) is 4.33. The van der Waals surface area contributed by atoms with E-state index in [1.165, 1.54) is 0 Å². The van der Waals surface area contributed by atoms with E-state index in [1.807, 2.05) is 60.7 Å². The van der Waals surface area contributed by atoms with Crippen LogP contribution < -0.4 is 15.5 Å². The Morgan fingerprint density at radius 2 is 1.55 bits per heavy atom. The monoisotopic (exact) mass is 455 g/mol. The van der Waals surface area contributed by atoms with Crippen LogP contribution in [0.25, 0.3) is 0 Å². The third-order valence-corrected chi connectivity index (χ3v) is 5.60. The van der Waals surface area contributed by atoms with Crippen molar-refractivity contribution in [2.24, 2.45) is 0 Å². The van der Waals surface area contributed by atoms with E-state index < -0.39 is 24.1 Å². The van der Waals surface area contributed by atoms with Gasteiger partial charge in [-0.05, 0) is 36.4 Å². The van der Waals surface area contributed by atoms with E-state index in [-0.39, 0.29) is 6.42 Å². The Labute approximate surface area is 189 Å². The van der Waals surface area contributed by atoms with E-state index in [9.17, 15) is 14.7 Å². The Morgan fingerprint density at radius 3 is 2.10 bits per heavy atom. The Hall–Kier alpha value is -3.22. The van der Waals surface area contributed by atoms with Crippen LogP contribution in [0.1, 0.15) is 18.0 Å². The van der Waals surface area contributed by atoms with Crippen LogP contribution in [0.3, 0.4) is 0 Å². The Kier molecular flexibility index (Phi) is 6.02. The molecule has 4 rings (SSSR count). The molecule has 0 fully saturated rings. The molecule has 3 aromatic rings. The Morgan fingerprint density at radius 1 is 0.968 bits per heavy atom. The normalized spacial score (nSPS) is 17.2. The number of carbonyl (C=O) groups excluding carboxylic acids is 1. The summed E-state index contributed by atoms with van der Waals surface area (Å²) in [6, 6.07) is 19.7. The van der Waals surface area contributed by atoms with E-state index in [0.29, 0.717) is 32.7 Å². The topological polar surface area (TPSA) is 81.7 Å². The van der Waals surface area contributed by atoms with E-state index >= 15 is 0 Å². The number of hydrogen-bond acceptors (Lipinski definition) is 3. The van der Waals surface area contributed by atoms with Crippen molar-refractivity contribution in [1.82, 2.24) is 5.32 Å². The van der Waals surface area contributed by atoms with Crippen molar-refractivity contribution in [1.29, 1.82) is 0 Å². The highest BCUT2D eigenvalue weighted by atomic mass is 35.5. The van der Waals surface area contributed by atoms with Crippen molar-refractivity contribution in [3.8, 4) is 0 Å². The number of carboxylic acid groups (broad SMARTS) is 1. The minimum Gasteiger partial charge on any atom is -0.480 e. The first-order valence-corrected chi connectivity index (χ1v) is 10.4. The first kappa shape index (κ1) is 21.0. The SMILES string of the molecule is O=C(O)C1CC(NC(=O)N(c2ccccc2)c2ccccc2)c2c(Cl)cc(Cl)cc2N1. The smallest absolute Gasteiger partial charge is 0.326 e. The first-order chi connectivity index (χ1) is 14.9. The molecule has 0 saturated heterocycles. The second-order valence-corrected chi connectivity index (χ2v) is 7.97. The van der Waals surface area contributed by atoms with Gasteiger partial charge in [0.05, 0.1) is 17.4 Å². The van der Waals surface area contributed by atoms with Gasteiger partial charge in [-0.1, -0.05) is 59.6 Å². The molecule has 3 N–H and O–H groups in total. The molecule has 0 aromatic heterocycles. The zero-order chi connectivity index (χ0) is 22.0. The van der Waals surface area contributed by atoms with Crippen molar-refractivity contribution in [2.45, 2.75) is 18.5 Å². The number of carbonyl (C=O) groups is 2. The van der Waals surface area contributed by atoms with Crippen LogP contribution >= 0.6 is 23.2 Å². The van der Waals surface area contributed by atoms with Crippen molar-refractivity contribution < 1.29 is 14.7 Å². The number of fused-ring (bicyclic) bond motifs is 1. The number of nitrogens with zero attached hydrogens (tertiary/aromatic N) is 1. The molecule has 0 spiro atoms. The minimum absolute atomic E-state index is 0.132. The molecule has 0 aliphatic carbocycles. The number of benzene rings is 3. The van der Waals surface area contributed by atoms with E-state index in [1.54, 1.807) is 17.0 Å². The quantitative estimate of drug-likeness (QED) is 0.460. The van der Waals surface area contributed by atoms with Crippen LogP contribution in [0, 0.1) is 0 Å². The van der Waals surface area contributed by atoms with Gasteiger partial charge in [-0.2, -0.15) is 0 Å². The predicted molar refractivity (Wildman–Crippen MR) is 122 cm³/mol. The van der Waals surface area contributed by atoms with E-state index in [0.717, 1.165) is 0 Å².